The van der Waals surface area contributed by atoms with E-state index in [1.807, 2.05) is 31.2 Å². The fourth-order valence-corrected chi connectivity index (χ4v) is 2.96. The molecule has 3 rings (SSSR count). The second-order valence-electron chi connectivity index (χ2n) is 6.18. The van der Waals surface area contributed by atoms with Crippen LogP contribution >= 0.6 is 11.6 Å². The van der Waals surface area contributed by atoms with Crippen LogP contribution in [0.25, 0.3) is 0 Å². The van der Waals surface area contributed by atoms with Gasteiger partial charge in [0.15, 0.2) is 0 Å². The fourth-order valence-electron chi connectivity index (χ4n) is 2.66. The van der Waals surface area contributed by atoms with Gasteiger partial charge in [-0.1, -0.05) is 41.9 Å². The highest BCUT2D eigenvalue weighted by atomic mass is 35.5. The molecule has 1 fully saturated rings. The van der Waals surface area contributed by atoms with Crippen molar-refractivity contribution in [2.24, 2.45) is 0 Å². The van der Waals surface area contributed by atoms with Gasteiger partial charge in [-0.3, -0.25) is 10.1 Å². The number of amides is 1. The van der Waals surface area contributed by atoms with Crippen LogP contribution in [0.2, 0.25) is 5.02 Å². The zero-order valence-electron chi connectivity index (χ0n) is 13.4. The zero-order valence-corrected chi connectivity index (χ0v) is 14.2. The number of carbonyl (C=O) groups is 1. The van der Waals surface area contributed by atoms with E-state index in [0.29, 0.717) is 5.02 Å². The van der Waals surface area contributed by atoms with Crippen molar-refractivity contribution in [2.45, 2.75) is 37.9 Å². The van der Waals surface area contributed by atoms with Gasteiger partial charge < -0.3 is 5.32 Å². The van der Waals surface area contributed by atoms with E-state index in [-0.39, 0.29) is 23.8 Å². The maximum absolute atomic E-state index is 13.2. The lowest BCUT2D eigenvalue weighted by Gasteiger charge is -2.24. The molecule has 1 amide bonds. The first kappa shape index (κ1) is 16.9. The van der Waals surface area contributed by atoms with Crippen LogP contribution in [0.4, 0.5) is 4.39 Å². The lowest BCUT2D eigenvalue weighted by atomic mass is 10.0. The second-order valence-corrected chi connectivity index (χ2v) is 6.58. The first-order valence-electron chi connectivity index (χ1n) is 8.11. The smallest absolute Gasteiger partial charge is 0.241 e. The van der Waals surface area contributed by atoms with Crippen LogP contribution in [0, 0.1) is 5.82 Å². The van der Waals surface area contributed by atoms with E-state index >= 15 is 0 Å². The molecule has 1 saturated carbocycles. The van der Waals surface area contributed by atoms with Gasteiger partial charge in [-0.15, -0.1) is 0 Å². The number of hydrogen-bond donors (Lipinski definition) is 2. The molecule has 2 N–H and O–H groups in total. The molecule has 3 nitrogen and oxygen atoms in total. The monoisotopic (exact) mass is 346 g/mol. The maximum Gasteiger partial charge on any atom is 0.241 e. The van der Waals surface area contributed by atoms with E-state index in [2.05, 4.69) is 10.6 Å². The summed E-state index contributed by atoms with van der Waals surface area (Å²) in [5.74, 6) is -0.415. The highest BCUT2D eigenvalue weighted by Gasteiger charge is 2.29. The van der Waals surface area contributed by atoms with E-state index in [1.165, 1.54) is 12.1 Å². The van der Waals surface area contributed by atoms with Gasteiger partial charge in [0.1, 0.15) is 11.9 Å². The van der Waals surface area contributed by atoms with Crippen molar-refractivity contribution in [3.8, 4) is 0 Å². The van der Waals surface area contributed by atoms with Gasteiger partial charge in [0, 0.05) is 17.1 Å². The van der Waals surface area contributed by atoms with Crippen molar-refractivity contribution in [1.82, 2.24) is 10.6 Å². The highest BCUT2D eigenvalue weighted by molar-refractivity contribution is 6.31. The molecule has 1 aliphatic rings. The Labute approximate surface area is 146 Å². The second kappa shape index (κ2) is 7.32. The van der Waals surface area contributed by atoms with Crippen molar-refractivity contribution < 1.29 is 9.18 Å². The Morgan fingerprint density at radius 3 is 2.46 bits per heavy atom. The van der Waals surface area contributed by atoms with E-state index in [0.717, 1.165) is 24.0 Å². The molecule has 0 radical (unpaired) electrons. The highest BCUT2D eigenvalue weighted by Crippen LogP contribution is 2.27. The molecule has 0 bridgehead atoms. The molecule has 2 aromatic rings. The Morgan fingerprint density at radius 1 is 1.17 bits per heavy atom. The molecule has 0 saturated heterocycles. The van der Waals surface area contributed by atoms with Gasteiger partial charge in [-0.2, -0.15) is 0 Å². The molecule has 126 valence electrons. The standard InChI is InChI=1S/C19H20ClFN2O/c1-12(16-4-2-3-5-17(16)20)22-18(19(24)23-15-10-11-15)13-6-8-14(21)9-7-13/h2-9,12,15,18,22H,10-11H2,1H3,(H,23,24). The van der Waals surface area contributed by atoms with Gasteiger partial charge in [-0.25, -0.2) is 4.39 Å². The summed E-state index contributed by atoms with van der Waals surface area (Å²) in [5.41, 5.74) is 1.65. The van der Waals surface area contributed by atoms with Crippen LogP contribution < -0.4 is 10.6 Å². The predicted octanol–water partition coefficient (Wildman–Crippen LogP) is 4.15. The zero-order chi connectivity index (χ0) is 17.1. The van der Waals surface area contributed by atoms with Gasteiger partial charge in [-0.05, 0) is 49.1 Å². The van der Waals surface area contributed by atoms with Crippen molar-refractivity contribution in [1.29, 1.82) is 0 Å². The minimum absolute atomic E-state index is 0.0944. The van der Waals surface area contributed by atoms with Crippen LogP contribution in [0.5, 0.6) is 0 Å². The molecule has 0 heterocycles. The maximum atomic E-state index is 13.2. The molecule has 0 aliphatic heterocycles. The molecule has 24 heavy (non-hydrogen) atoms. The third-order valence-electron chi connectivity index (χ3n) is 4.18. The average Bonchev–Trinajstić information content (AvgIpc) is 3.37. The van der Waals surface area contributed by atoms with Crippen LogP contribution in [-0.2, 0) is 4.79 Å². The van der Waals surface area contributed by atoms with Crippen molar-refractivity contribution in [3.63, 3.8) is 0 Å². The van der Waals surface area contributed by atoms with Crippen molar-refractivity contribution >= 4 is 17.5 Å². The Morgan fingerprint density at radius 2 is 1.83 bits per heavy atom. The fraction of sp³-hybridized carbons (Fsp3) is 0.316. The van der Waals surface area contributed by atoms with E-state index < -0.39 is 6.04 Å². The van der Waals surface area contributed by atoms with Crippen LogP contribution in [0.15, 0.2) is 48.5 Å². The van der Waals surface area contributed by atoms with Gasteiger partial charge >= 0.3 is 0 Å². The largest absolute Gasteiger partial charge is 0.352 e. The number of benzene rings is 2. The van der Waals surface area contributed by atoms with Crippen LogP contribution in [0.1, 0.15) is 43.0 Å². The first-order valence-corrected chi connectivity index (χ1v) is 8.48. The Balaban J connectivity index is 1.82. The normalized spacial score (nSPS) is 16.5. The summed E-state index contributed by atoms with van der Waals surface area (Å²) in [5, 5.41) is 6.99. The topological polar surface area (TPSA) is 41.1 Å². The van der Waals surface area contributed by atoms with E-state index in [1.54, 1.807) is 12.1 Å². The number of halogens is 2. The summed E-state index contributed by atoms with van der Waals surface area (Å²) in [6.45, 7) is 1.96. The molecule has 2 unspecified atom stereocenters. The molecule has 2 atom stereocenters. The quantitative estimate of drug-likeness (QED) is 0.825. The third kappa shape index (κ3) is 4.13. The summed E-state index contributed by atoms with van der Waals surface area (Å²) in [7, 11) is 0. The van der Waals surface area contributed by atoms with Crippen molar-refractivity contribution in [2.75, 3.05) is 0 Å². The van der Waals surface area contributed by atoms with E-state index in [9.17, 15) is 9.18 Å². The summed E-state index contributed by atoms with van der Waals surface area (Å²) < 4.78 is 13.2. The third-order valence-corrected chi connectivity index (χ3v) is 4.52. The Kier molecular flexibility index (Phi) is 5.17. The SMILES string of the molecule is CC(NC(C(=O)NC1CC1)c1ccc(F)cc1)c1ccccc1Cl. The Hall–Kier alpha value is -1.91. The lowest BCUT2D eigenvalue weighted by molar-refractivity contribution is -0.123. The van der Waals surface area contributed by atoms with Crippen LogP contribution in [-0.4, -0.2) is 11.9 Å². The molecular weight excluding hydrogens is 327 g/mol. The minimum Gasteiger partial charge on any atom is -0.352 e. The molecule has 0 aromatic heterocycles. The number of hydrogen-bond acceptors (Lipinski definition) is 2. The van der Waals surface area contributed by atoms with Gasteiger partial charge in [0.25, 0.3) is 0 Å². The number of nitrogens with one attached hydrogen (secondary N) is 2. The van der Waals surface area contributed by atoms with Gasteiger partial charge in [0.05, 0.1) is 0 Å². The molecule has 1 aliphatic carbocycles. The first-order chi connectivity index (χ1) is 11.5. The predicted molar refractivity (Wildman–Crippen MR) is 93.3 cm³/mol. The van der Waals surface area contributed by atoms with Gasteiger partial charge in [0.2, 0.25) is 5.91 Å². The molecular formula is C19H20ClFN2O. The Bertz CT molecular complexity index is 716. The number of carbonyl (C=O) groups excluding carboxylic acids is 1. The van der Waals surface area contributed by atoms with E-state index in [4.69, 9.17) is 11.6 Å². The minimum atomic E-state index is -0.558. The molecule has 5 heteroatoms. The molecule has 2 aromatic carbocycles. The lowest BCUT2D eigenvalue weighted by Crippen LogP contribution is -2.39. The number of rotatable bonds is 6. The summed E-state index contributed by atoms with van der Waals surface area (Å²) >= 11 is 6.25. The van der Waals surface area contributed by atoms with Crippen molar-refractivity contribution in [3.05, 3.63) is 70.5 Å². The summed E-state index contributed by atoms with van der Waals surface area (Å²) in [4.78, 5) is 12.6. The summed E-state index contributed by atoms with van der Waals surface area (Å²) in [6.07, 6.45) is 2.03. The van der Waals surface area contributed by atoms with Crippen LogP contribution in [0.3, 0.4) is 0 Å². The molecule has 0 spiro atoms. The average molecular weight is 347 g/mol. The summed E-state index contributed by atoms with van der Waals surface area (Å²) in [6, 6.07) is 13.1.